The molecule has 1 aliphatic rings. The van der Waals surface area contributed by atoms with E-state index >= 15 is 0 Å². The lowest BCUT2D eigenvalue weighted by molar-refractivity contribution is -0.159. The van der Waals surface area contributed by atoms with Gasteiger partial charge in [0.15, 0.2) is 0 Å². The number of hydrogen-bond donors (Lipinski definition) is 0. The van der Waals surface area contributed by atoms with Crippen molar-refractivity contribution in [3.8, 4) is 11.4 Å². The predicted octanol–water partition coefficient (Wildman–Crippen LogP) is 3.30. The van der Waals surface area contributed by atoms with E-state index in [1.165, 1.54) is 0 Å². The van der Waals surface area contributed by atoms with Crippen LogP contribution in [0.4, 0.5) is 13.2 Å². The monoisotopic (exact) mass is 413 g/mol. The molecule has 1 aromatic heterocycles. The molecule has 0 aliphatic carbocycles. The van der Waals surface area contributed by atoms with Crippen LogP contribution in [-0.4, -0.2) is 53.9 Å². The van der Waals surface area contributed by atoms with Gasteiger partial charge in [0.1, 0.15) is 6.10 Å². The molecule has 0 radical (unpaired) electrons. The zero-order valence-corrected chi connectivity index (χ0v) is 15.9. The number of amides is 1. The third-order valence-corrected chi connectivity index (χ3v) is 4.59. The summed E-state index contributed by atoms with van der Waals surface area (Å²) >= 11 is 0. The van der Waals surface area contributed by atoms with E-state index in [4.69, 9.17) is 9.47 Å². The van der Waals surface area contributed by atoms with Gasteiger partial charge in [-0.1, -0.05) is 29.4 Å². The van der Waals surface area contributed by atoms with Crippen LogP contribution in [0.5, 0.6) is 0 Å². The van der Waals surface area contributed by atoms with Crippen LogP contribution in [-0.2, 0) is 27.0 Å². The van der Waals surface area contributed by atoms with E-state index in [9.17, 15) is 18.0 Å². The zero-order valence-electron chi connectivity index (χ0n) is 15.9. The van der Waals surface area contributed by atoms with Crippen LogP contribution < -0.4 is 0 Å². The van der Waals surface area contributed by atoms with Crippen molar-refractivity contribution < 1.29 is 32.0 Å². The molecule has 1 atom stereocenters. The van der Waals surface area contributed by atoms with E-state index in [0.717, 1.165) is 18.4 Å². The highest BCUT2D eigenvalue weighted by Crippen LogP contribution is 2.29. The molecule has 1 unspecified atom stereocenters. The Hall–Kier alpha value is -2.46. The topological polar surface area (TPSA) is 77.7 Å². The molecule has 0 saturated carbocycles. The SMILES string of the molecule is COCCN(Cc1ccc(-c2noc(C(F)(F)F)n2)cc1)C(=O)C1CCCCO1. The largest absolute Gasteiger partial charge is 0.471 e. The van der Waals surface area contributed by atoms with E-state index in [2.05, 4.69) is 14.7 Å². The highest BCUT2D eigenvalue weighted by molar-refractivity contribution is 5.81. The number of rotatable bonds is 7. The van der Waals surface area contributed by atoms with Crippen molar-refractivity contribution in [2.45, 2.75) is 38.1 Å². The molecule has 3 rings (SSSR count). The normalized spacial score (nSPS) is 17.3. The highest BCUT2D eigenvalue weighted by Gasteiger charge is 2.38. The van der Waals surface area contributed by atoms with Crippen molar-refractivity contribution in [2.75, 3.05) is 26.9 Å². The Morgan fingerprint density at radius 1 is 1.28 bits per heavy atom. The van der Waals surface area contributed by atoms with Crippen molar-refractivity contribution in [2.24, 2.45) is 0 Å². The summed E-state index contributed by atoms with van der Waals surface area (Å²) in [6, 6.07) is 6.62. The number of aromatic nitrogens is 2. The van der Waals surface area contributed by atoms with E-state index in [1.54, 1.807) is 36.3 Å². The highest BCUT2D eigenvalue weighted by atomic mass is 19.4. The summed E-state index contributed by atoms with van der Waals surface area (Å²) in [4.78, 5) is 17.8. The number of alkyl halides is 3. The van der Waals surface area contributed by atoms with Crippen LogP contribution in [0.1, 0.15) is 30.7 Å². The number of methoxy groups -OCH3 is 1. The minimum Gasteiger partial charge on any atom is -0.383 e. The number of ether oxygens (including phenoxy) is 2. The summed E-state index contributed by atoms with van der Waals surface area (Å²) < 4.78 is 52.8. The minimum absolute atomic E-state index is 0.0844. The molecule has 1 amide bonds. The Labute approximate surface area is 165 Å². The molecule has 7 nitrogen and oxygen atoms in total. The quantitative estimate of drug-likeness (QED) is 0.693. The molecule has 158 valence electrons. The van der Waals surface area contributed by atoms with Gasteiger partial charge in [0.2, 0.25) is 5.82 Å². The summed E-state index contributed by atoms with van der Waals surface area (Å²) in [6.07, 6.45) is -2.53. The van der Waals surface area contributed by atoms with Gasteiger partial charge < -0.3 is 18.9 Å². The standard InChI is InChI=1S/C19H22F3N3O4/c1-27-11-9-25(17(26)15-4-2-3-10-28-15)12-13-5-7-14(8-6-13)16-23-18(29-24-16)19(20,21)22/h5-8,15H,2-4,9-12H2,1H3. The first-order valence-electron chi connectivity index (χ1n) is 9.28. The van der Waals surface area contributed by atoms with Gasteiger partial charge in [-0.05, 0) is 24.8 Å². The van der Waals surface area contributed by atoms with Gasteiger partial charge in [0.25, 0.3) is 5.91 Å². The Morgan fingerprint density at radius 2 is 2.03 bits per heavy atom. The lowest BCUT2D eigenvalue weighted by Crippen LogP contribution is -2.42. The predicted molar refractivity (Wildman–Crippen MR) is 95.6 cm³/mol. The first-order chi connectivity index (χ1) is 13.9. The van der Waals surface area contributed by atoms with Crippen molar-refractivity contribution in [1.29, 1.82) is 0 Å². The maximum absolute atomic E-state index is 12.8. The van der Waals surface area contributed by atoms with Gasteiger partial charge in [-0.2, -0.15) is 18.2 Å². The van der Waals surface area contributed by atoms with E-state index in [1.807, 2.05) is 0 Å². The van der Waals surface area contributed by atoms with Crippen molar-refractivity contribution in [3.63, 3.8) is 0 Å². The summed E-state index contributed by atoms with van der Waals surface area (Å²) in [5, 5.41) is 3.37. The first-order valence-corrected chi connectivity index (χ1v) is 9.28. The molecule has 0 N–H and O–H groups in total. The Morgan fingerprint density at radius 3 is 2.62 bits per heavy atom. The maximum Gasteiger partial charge on any atom is 0.471 e. The zero-order chi connectivity index (χ0) is 20.9. The average molecular weight is 413 g/mol. The molecule has 0 spiro atoms. The number of halogens is 3. The number of carbonyl (C=O) groups excluding carboxylic acids is 1. The molecule has 2 heterocycles. The molecule has 1 saturated heterocycles. The summed E-state index contributed by atoms with van der Waals surface area (Å²) in [7, 11) is 1.56. The number of hydrogen-bond acceptors (Lipinski definition) is 6. The number of carbonyl (C=O) groups is 1. The second-order valence-electron chi connectivity index (χ2n) is 6.73. The number of benzene rings is 1. The molecule has 10 heteroatoms. The van der Waals surface area contributed by atoms with Gasteiger partial charge in [-0.3, -0.25) is 4.79 Å². The van der Waals surface area contributed by atoms with Crippen LogP contribution in [0.2, 0.25) is 0 Å². The fourth-order valence-electron chi connectivity index (χ4n) is 3.04. The molecule has 1 aromatic carbocycles. The second-order valence-corrected chi connectivity index (χ2v) is 6.73. The molecule has 29 heavy (non-hydrogen) atoms. The van der Waals surface area contributed by atoms with Crippen LogP contribution in [0.15, 0.2) is 28.8 Å². The van der Waals surface area contributed by atoms with Gasteiger partial charge in [0.05, 0.1) is 6.61 Å². The van der Waals surface area contributed by atoms with Gasteiger partial charge in [0, 0.05) is 32.4 Å². The smallest absolute Gasteiger partial charge is 0.383 e. The molecule has 1 aliphatic heterocycles. The van der Waals surface area contributed by atoms with Crippen molar-refractivity contribution in [3.05, 3.63) is 35.7 Å². The molecule has 2 aromatic rings. The van der Waals surface area contributed by atoms with E-state index in [0.29, 0.717) is 38.3 Å². The summed E-state index contributed by atoms with van der Waals surface area (Å²) in [5.74, 6) is -1.62. The van der Waals surface area contributed by atoms with Gasteiger partial charge >= 0.3 is 12.1 Å². The lowest BCUT2D eigenvalue weighted by atomic mass is 10.1. The Kier molecular flexibility index (Phi) is 6.86. The summed E-state index contributed by atoms with van der Waals surface area (Å²) in [5.41, 5.74) is 1.20. The molecular formula is C19H22F3N3O4. The molecule has 0 bridgehead atoms. The lowest BCUT2D eigenvalue weighted by Gasteiger charge is -2.29. The van der Waals surface area contributed by atoms with Crippen LogP contribution in [0, 0.1) is 0 Å². The Balaban J connectivity index is 1.69. The molecule has 1 fully saturated rings. The van der Waals surface area contributed by atoms with E-state index in [-0.39, 0.29) is 11.7 Å². The second kappa shape index (κ2) is 9.36. The maximum atomic E-state index is 12.8. The average Bonchev–Trinajstić information content (AvgIpc) is 3.22. The third kappa shape index (κ3) is 5.54. The van der Waals surface area contributed by atoms with Gasteiger partial charge in [-0.25, -0.2) is 0 Å². The van der Waals surface area contributed by atoms with Crippen molar-refractivity contribution in [1.82, 2.24) is 15.0 Å². The fourth-order valence-corrected chi connectivity index (χ4v) is 3.04. The van der Waals surface area contributed by atoms with Gasteiger partial charge in [-0.15, -0.1) is 0 Å². The van der Waals surface area contributed by atoms with Crippen LogP contribution >= 0.6 is 0 Å². The van der Waals surface area contributed by atoms with Crippen LogP contribution in [0.3, 0.4) is 0 Å². The third-order valence-electron chi connectivity index (χ3n) is 4.59. The number of nitrogens with zero attached hydrogens (tertiary/aromatic N) is 3. The summed E-state index contributed by atoms with van der Waals surface area (Å²) in [6.45, 7) is 1.71. The van der Waals surface area contributed by atoms with Crippen molar-refractivity contribution >= 4 is 5.91 Å². The minimum atomic E-state index is -4.69. The van der Waals surface area contributed by atoms with Crippen LogP contribution in [0.25, 0.3) is 11.4 Å². The fraction of sp³-hybridized carbons (Fsp3) is 0.526. The van der Waals surface area contributed by atoms with E-state index < -0.39 is 18.2 Å². The molecular weight excluding hydrogens is 391 g/mol. The Bertz CT molecular complexity index is 802. The first kappa shape index (κ1) is 21.3.